The van der Waals surface area contributed by atoms with Crippen molar-refractivity contribution in [3.63, 3.8) is 0 Å². The number of hydrogen-bond donors (Lipinski definition) is 0. The fourth-order valence-electron chi connectivity index (χ4n) is 1.65. The third-order valence-electron chi connectivity index (χ3n) is 2.44. The molecule has 0 spiro atoms. The number of benzene rings is 1. The van der Waals surface area contributed by atoms with E-state index >= 15 is 0 Å². The molecule has 0 atom stereocenters. The summed E-state index contributed by atoms with van der Waals surface area (Å²) in [4.78, 5) is 13.3. The first-order valence-electron chi connectivity index (χ1n) is 4.68. The number of para-hydroxylation sites is 1. The molecule has 0 N–H and O–H groups in total. The summed E-state index contributed by atoms with van der Waals surface area (Å²) >= 11 is 0. The molecule has 2 nitrogen and oxygen atoms in total. The van der Waals surface area contributed by atoms with Gasteiger partial charge in [-0.2, -0.15) is 0 Å². The molecule has 2 rings (SSSR count). The topological polar surface area (TPSA) is 20.3 Å². The molecule has 14 heavy (non-hydrogen) atoms. The summed E-state index contributed by atoms with van der Waals surface area (Å²) in [5, 5.41) is 0. The van der Waals surface area contributed by atoms with E-state index in [0.717, 1.165) is 13.1 Å². The van der Waals surface area contributed by atoms with E-state index in [9.17, 15) is 4.79 Å². The number of carbonyl (C=O) groups excluding carboxylic acids is 1. The first-order chi connectivity index (χ1) is 6.36. The van der Waals surface area contributed by atoms with Gasteiger partial charge in [0.15, 0.2) is 0 Å². The van der Waals surface area contributed by atoms with Gasteiger partial charge < -0.3 is 6.33 Å². The van der Waals surface area contributed by atoms with E-state index in [0.29, 0.717) is 18.6 Å². The minimum Gasteiger partial charge on any atom is -1.00 e. The van der Waals surface area contributed by atoms with Gasteiger partial charge in [0.2, 0.25) is 0 Å². The van der Waals surface area contributed by atoms with E-state index in [1.165, 1.54) is 5.69 Å². The van der Waals surface area contributed by atoms with Crippen molar-refractivity contribution in [1.29, 1.82) is 0 Å². The molecule has 1 heterocycles. The van der Waals surface area contributed by atoms with Crippen molar-refractivity contribution in [3.8, 4) is 0 Å². The van der Waals surface area contributed by atoms with Gasteiger partial charge in [0.25, 0.3) is 0 Å². The van der Waals surface area contributed by atoms with Crippen LogP contribution >= 0.6 is 0 Å². The second-order valence-corrected chi connectivity index (χ2v) is 3.36. The fourth-order valence-corrected chi connectivity index (χ4v) is 1.65. The Bertz CT molecular complexity index is 295. The summed E-state index contributed by atoms with van der Waals surface area (Å²) in [5.74, 6) is 0.396. The van der Waals surface area contributed by atoms with E-state index in [4.69, 9.17) is 0 Å². The quantitative estimate of drug-likeness (QED) is 0.519. The Labute approximate surface area is 98.0 Å². The molecule has 0 saturated carbocycles. The third-order valence-corrected chi connectivity index (χ3v) is 2.44. The zero-order valence-corrected chi connectivity index (χ0v) is 8.57. The first-order valence-corrected chi connectivity index (χ1v) is 4.68. The molecule has 0 amide bonds. The van der Waals surface area contributed by atoms with Crippen molar-refractivity contribution in [3.05, 3.63) is 30.3 Å². The number of carbonyl (C=O) groups is 1. The molecule has 0 bridgehead atoms. The summed E-state index contributed by atoms with van der Waals surface area (Å²) in [7, 11) is 0. The van der Waals surface area contributed by atoms with Crippen LogP contribution in [0.1, 0.15) is 14.3 Å². The van der Waals surface area contributed by atoms with E-state index in [1.54, 1.807) is 0 Å². The Morgan fingerprint density at radius 1 is 1.07 bits per heavy atom. The molecule has 1 fully saturated rings. The van der Waals surface area contributed by atoms with E-state index in [2.05, 4.69) is 17.0 Å². The smallest absolute Gasteiger partial charge is 1.00 e. The van der Waals surface area contributed by atoms with Gasteiger partial charge in [0.1, 0.15) is 5.78 Å². The van der Waals surface area contributed by atoms with Gasteiger partial charge in [0, 0.05) is 31.6 Å². The Balaban J connectivity index is 0.000000980. The van der Waals surface area contributed by atoms with Crippen molar-refractivity contribution in [2.24, 2.45) is 0 Å². The number of Topliss-reactive ketones (excluding diaryl/α,β-unsaturated/α-hetero) is 1. The molecule has 1 saturated heterocycles. The van der Waals surface area contributed by atoms with E-state index in [-0.39, 0.29) is 20.3 Å². The van der Waals surface area contributed by atoms with Crippen LogP contribution in [0, 0.1) is 0 Å². The summed E-state index contributed by atoms with van der Waals surface area (Å²) < 4.78 is 0. The van der Waals surface area contributed by atoms with Crippen LogP contribution < -0.4 is 23.8 Å². The molecule has 0 aromatic heterocycles. The van der Waals surface area contributed by atoms with Crippen molar-refractivity contribution < 1.29 is 25.1 Å². The van der Waals surface area contributed by atoms with Gasteiger partial charge in [-0.3, -0.25) is 4.79 Å². The molecule has 70 valence electrons. The van der Waals surface area contributed by atoms with Gasteiger partial charge in [-0.05, 0) is 12.1 Å². The summed E-state index contributed by atoms with van der Waals surface area (Å²) in [6, 6.07) is 10.3. The average molecular weight is 183 g/mol. The van der Waals surface area contributed by atoms with Crippen LogP contribution in [-0.2, 0) is 4.79 Å². The second kappa shape index (κ2) is 5.24. The van der Waals surface area contributed by atoms with Crippen LogP contribution in [0.15, 0.2) is 30.3 Å². The minimum atomic E-state index is 0. The minimum absolute atomic E-state index is 0. The molecule has 0 aliphatic carbocycles. The van der Waals surface area contributed by atoms with E-state index in [1.807, 2.05) is 18.2 Å². The van der Waals surface area contributed by atoms with Crippen LogP contribution in [0.25, 0.3) is 0 Å². The predicted octanol–water partition coefficient (Wildman–Crippen LogP) is -1.03. The van der Waals surface area contributed by atoms with Gasteiger partial charge >= 0.3 is 18.9 Å². The third kappa shape index (κ3) is 2.64. The van der Waals surface area contributed by atoms with Gasteiger partial charge in [-0.1, -0.05) is 18.2 Å². The number of rotatable bonds is 1. The fraction of sp³-hybridized carbons (Fsp3) is 0.364. The molecular formula is C11H14LiNO. The van der Waals surface area contributed by atoms with Crippen LogP contribution in [0.3, 0.4) is 0 Å². The summed E-state index contributed by atoms with van der Waals surface area (Å²) in [6.07, 6.45) is 1.41. The molecule has 1 aromatic rings. The standard InChI is InChI=1S/C11H13NO.Li.H/c13-11-6-8-12(9-7-11)10-4-2-1-3-5-10;;/h1-5H,6-9H2;;/q;+1;-1. The van der Waals surface area contributed by atoms with E-state index < -0.39 is 0 Å². The molecule has 1 aromatic carbocycles. The maximum atomic E-state index is 11.0. The number of hydrogen-bond acceptors (Lipinski definition) is 2. The summed E-state index contributed by atoms with van der Waals surface area (Å²) in [6.45, 7) is 1.76. The molecule has 3 heteroatoms. The molecule has 1 aliphatic heterocycles. The Morgan fingerprint density at radius 3 is 2.21 bits per heavy atom. The molecule has 1 aliphatic rings. The Hall–Kier alpha value is -0.713. The maximum Gasteiger partial charge on any atom is 1.00 e. The summed E-state index contributed by atoms with van der Waals surface area (Å²) in [5.41, 5.74) is 1.23. The van der Waals surface area contributed by atoms with Gasteiger partial charge in [0.05, 0.1) is 0 Å². The number of piperidine rings is 1. The maximum absolute atomic E-state index is 11.0. The Kier molecular flexibility index (Phi) is 4.25. The predicted molar refractivity (Wildman–Crippen MR) is 54.0 cm³/mol. The van der Waals surface area contributed by atoms with Crippen LogP contribution in [-0.4, -0.2) is 18.9 Å². The van der Waals surface area contributed by atoms with Crippen molar-refractivity contribution in [2.45, 2.75) is 12.8 Å². The normalized spacial score (nSPS) is 16.3. The largest absolute Gasteiger partial charge is 1.00 e. The zero-order chi connectivity index (χ0) is 9.10. The molecule has 0 unspecified atom stereocenters. The van der Waals surface area contributed by atoms with Gasteiger partial charge in [-0.15, -0.1) is 0 Å². The number of ketones is 1. The van der Waals surface area contributed by atoms with Crippen LogP contribution in [0.2, 0.25) is 0 Å². The number of anilines is 1. The number of nitrogens with zero attached hydrogens (tertiary/aromatic N) is 1. The molecular weight excluding hydrogens is 169 g/mol. The van der Waals surface area contributed by atoms with Crippen molar-refractivity contribution >= 4 is 11.5 Å². The first kappa shape index (κ1) is 11.4. The zero-order valence-electron chi connectivity index (χ0n) is 9.57. The monoisotopic (exact) mass is 183 g/mol. The van der Waals surface area contributed by atoms with Crippen LogP contribution in [0.4, 0.5) is 5.69 Å². The molecule has 0 radical (unpaired) electrons. The average Bonchev–Trinajstić information content (AvgIpc) is 2.20. The van der Waals surface area contributed by atoms with Crippen molar-refractivity contribution in [1.82, 2.24) is 0 Å². The SMILES string of the molecule is O=C1CCN(c2ccccc2)CC1.[H-].[Li+]. The second-order valence-electron chi connectivity index (χ2n) is 3.36. The van der Waals surface area contributed by atoms with Gasteiger partial charge in [-0.25, -0.2) is 0 Å². The Morgan fingerprint density at radius 2 is 1.64 bits per heavy atom. The van der Waals surface area contributed by atoms with Crippen LogP contribution in [0.5, 0.6) is 0 Å². The van der Waals surface area contributed by atoms with Crippen molar-refractivity contribution in [2.75, 3.05) is 18.0 Å².